The number of hydrogen-bond acceptors (Lipinski definition) is 2. The molecule has 0 aliphatic heterocycles. The third-order valence-corrected chi connectivity index (χ3v) is 2.87. The molecule has 0 aromatic rings. The first-order chi connectivity index (χ1) is 6.11. The summed E-state index contributed by atoms with van der Waals surface area (Å²) in [4.78, 5) is 11.9. The molecule has 1 atom stereocenters. The van der Waals surface area contributed by atoms with Crippen molar-refractivity contribution in [1.82, 2.24) is 5.32 Å². The van der Waals surface area contributed by atoms with Gasteiger partial charge >= 0.3 is 0 Å². The van der Waals surface area contributed by atoms with Gasteiger partial charge in [-0.3, -0.25) is 4.79 Å². The lowest BCUT2D eigenvalue weighted by molar-refractivity contribution is -0.125. The second-order valence-electron chi connectivity index (χ2n) is 3.61. The normalized spacial score (nSPS) is 19.8. The fraction of sp³-hybridized carbons (Fsp3) is 0.778. The Labute approximate surface area is 84.1 Å². The van der Waals surface area contributed by atoms with Crippen molar-refractivity contribution < 1.29 is 4.79 Å². The Bertz CT molecular complexity index is 212. The lowest BCUT2D eigenvalue weighted by atomic mass is 10.1. The zero-order valence-corrected chi connectivity index (χ0v) is 8.69. The minimum Gasteiger partial charge on any atom is -0.392 e. The number of hydrogen-bond donors (Lipinski definition) is 2. The molecule has 1 unspecified atom stereocenters. The van der Waals surface area contributed by atoms with Crippen molar-refractivity contribution in [2.24, 2.45) is 11.7 Å². The Morgan fingerprint density at radius 3 is 2.54 bits per heavy atom. The van der Waals surface area contributed by atoms with Crippen LogP contribution in [0.1, 0.15) is 32.6 Å². The molecule has 1 aliphatic carbocycles. The second-order valence-corrected chi connectivity index (χ2v) is 4.09. The number of nitrogens with two attached hydrogens (primary N) is 1. The smallest absolute Gasteiger partial charge is 0.223 e. The molecule has 1 fully saturated rings. The number of carbonyl (C=O) groups excluding carboxylic acids is 1. The fourth-order valence-corrected chi connectivity index (χ4v) is 1.65. The Balaban J connectivity index is 2.35. The monoisotopic (exact) mass is 200 g/mol. The molecule has 1 aliphatic rings. The Kier molecular flexibility index (Phi) is 3.66. The van der Waals surface area contributed by atoms with Crippen molar-refractivity contribution in [3.05, 3.63) is 0 Å². The maximum absolute atomic E-state index is 11.5. The summed E-state index contributed by atoms with van der Waals surface area (Å²) >= 11 is 4.77. The highest BCUT2D eigenvalue weighted by molar-refractivity contribution is 7.80. The molecule has 1 saturated carbocycles. The van der Waals surface area contributed by atoms with Crippen LogP contribution < -0.4 is 11.1 Å². The summed E-state index contributed by atoms with van der Waals surface area (Å²) in [5.41, 5.74) is 5.40. The van der Waals surface area contributed by atoms with Crippen molar-refractivity contribution in [3.8, 4) is 0 Å². The number of nitrogens with one attached hydrogen (secondary N) is 1. The lowest BCUT2D eigenvalue weighted by Gasteiger charge is -2.15. The van der Waals surface area contributed by atoms with Gasteiger partial charge in [-0.15, -0.1) is 0 Å². The number of carbonyl (C=O) groups is 1. The van der Waals surface area contributed by atoms with Crippen LogP contribution in [-0.2, 0) is 4.79 Å². The summed E-state index contributed by atoms with van der Waals surface area (Å²) in [6.07, 6.45) is 4.35. The van der Waals surface area contributed by atoms with Gasteiger partial charge in [0.25, 0.3) is 0 Å². The molecule has 0 aromatic carbocycles. The SMILES string of the molecule is CC(NC(=O)C1CCCC1)C(N)=S. The average molecular weight is 200 g/mol. The summed E-state index contributed by atoms with van der Waals surface area (Å²) < 4.78 is 0. The van der Waals surface area contributed by atoms with E-state index in [1.165, 1.54) is 12.8 Å². The van der Waals surface area contributed by atoms with Crippen LogP contribution in [0.3, 0.4) is 0 Å². The number of amides is 1. The Morgan fingerprint density at radius 2 is 2.08 bits per heavy atom. The van der Waals surface area contributed by atoms with Gasteiger partial charge < -0.3 is 11.1 Å². The molecule has 0 saturated heterocycles. The van der Waals surface area contributed by atoms with Crippen molar-refractivity contribution >= 4 is 23.1 Å². The second kappa shape index (κ2) is 4.56. The summed E-state index contributed by atoms with van der Waals surface area (Å²) in [5, 5.41) is 2.82. The van der Waals surface area contributed by atoms with E-state index in [4.69, 9.17) is 18.0 Å². The fourth-order valence-electron chi connectivity index (χ4n) is 1.59. The first kappa shape index (κ1) is 10.4. The van der Waals surface area contributed by atoms with Crippen LogP contribution in [0.5, 0.6) is 0 Å². The van der Waals surface area contributed by atoms with Crippen LogP contribution in [0.25, 0.3) is 0 Å². The van der Waals surface area contributed by atoms with Crippen molar-refractivity contribution in [1.29, 1.82) is 0 Å². The Morgan fingerprint density at radius 1 is 1.54 bits per heavy atom. The van der Waals surface area contributed by atoms with Crippen molar-refractivity contribution in [3.63, 3.8) is 0 Å². The van der Waals surface area contributed by atoms with Crippen LogP contribution in [0, 0.1) is 5.92 Å². The van der Waals surface area contributed by atoms with Crippen molar-refractivity contribution in [2.75, 3.05) is 0 Å². The van der Waals surface area contributed by atoms with Gasteiger partial charge in [-0.1, -0.05) is 25.1 Å². The minimum absolute atomic E-state index is 0.109. The van der Waals surface area contributed by atoms with Gasteiger partial charge in [-0.2, -0.15) is 0 Å². The molecule has 1 rings (SSSR count). The quantitative estimate of drug-likeness (QED) is 0.667. The highest BCUT2D eigenvalue weighted by Crippen LogP contribution is 2.24. The van der Waals surface area contributed by atoms with Crippen LogP contribution in [-0.4, -0.2) is 16.9 Å². The van der Waals surface area contributed by atoms with E-state index in [1.54, 1.807) is 0 Å². The third kappa shape index (κ3) is 2.95. The van der Waals surface area contributed by atoms with E-state index in [0.29, 0.717) is 4.99 Å². The van der Waals surface area contributed by atoms with Gasteiger partial charge in [-0.25, -0.2) is 0 Å². The Hall–Kier alpha value is -0.640. The first-order valence-corrected chi connectivity index (χ1v) is 5.12. The lowest BCUT2D eigenvalue weighted by Crippen LogP contribution is -2.43. The first-order valence-electron chi connectivity index (χ1n) is 4.71. The molecule has 74 valence electrons. The third-order valence-electron chi connectivity index (χ3n) is 2.51. The van der Waals surface area contributed by atoms with Gasteiger partial charge in [0.05, 0.1) is 11.0 Å². The van der Waals surface area contributed by atoms with Gasteiger partial charge in [-0.05, 0) is 19.8 Å². The van der Waals surface area contributed by atoms with E-state index in [9.17, 15) is 4.79 Å². The zero-order valence-electron chi connectivity index (χ0n) is 7.88. The van der Waals surface area contributed by atoms with Gasteiger partial charge in [0.2, 0.25) is 5.91 Å². The van der Waals surface area contributed by atoms with Gasteiger partial charge in [0.15, 0.2) is 0 Å². The molecule has 3 N–H and O–H groups in total. The molecule has 1 amide bonds. The standard InChI is InChI=1S/C9H16N2OS/c1-6(8(10)13)11-9(12)7-4-2-3-5-7/h6-7H,2-5H2,1H3,(H2,10,13)(H,11,12). The molecule has 4 heteroatoms. The molecular weight excluding hydrogens is 184 g/mol. The molecular formula is C9H16N2OS. The van der Waals surface area contributed by atoms with Gasteiger partial charge in [0, 0.05) is 5.92 Å². The van der Waals surface area contributed by atoms with Gasteiger partial charge in [0.1, 0.15) is 0 Å². The summed E-state index contributed by atoms with van der Waals surface area (Å²) in [6.45, 7) is 1.81. The van der Waals surface area contributed by atoms with E-state index >= 15 is 0 Å². The predicted molar refractivity (Wildman–Crippen MR) is 56.3 cm³/mol. The van der Waals surface area contributed by atoms with E-state index in [0.717, 1.165) is 12.8 Å². The molecule has 0 spiro atoms. The van der Waals surface area contributed by atoms with E-state index in [2.05, 4.69) is 5.32 Å². The maximum atomic E-state index is 11.5. The molecule has 0 bridgehead atoms. The van der Waals surface area contributed by atoms with Crippen LogP contribution in [0.4, 0.5) is 0 Å². The highest BCUT2D eigenvalue weighted by atomic mass is 32.1. The summed E-state index contributed by atoms with van der Waals surface area (Å²) in [5.74, 6) is 0.301. The topological polar surface area (TPSA) is 55.1 Å². The predicted octanol–water partition coefficient (Wildman–Crippen LogP) is 0.967. The summed E-state index contributed by atoms with van der Waals surface area (Å²) in [6, 6.07) is -0.178. The molecule has 0 radical (unpaired) electrons. The molecule has 0 heterocycles. The minimum atomic E-state index is -0.178. The highest BCUT2D eigenvalue weighted by Gasteiger charge is 2.23. The molecule has 3 nitrogen and oxygen atoms in total. The number of thiocarbonyl (C=S) groups is 1. The maximum Gasteiger partial charge on any atom is 0.223 e. The zero-order chi connectivity index (χ0) is 9.84. The molecule has 0 aromatic heterocycles. The van der Waals surface area contributed by atoms with Crippen LogP contribution >= 0.6 is 12.2 Å². The van der Waals surface area contributed by atoms with Crippen molar-refractivity contribution in [2.45, 2.75) is 38.6 Å². The summed E-state index contributed by atoms with van der Waals surface area (Å²) in [7, 11) is 0. The van der Waals surface area contributed by atoms with E-state index in [1.807, 2.05) is 6.92 Å². The van der Waals surface area contributed by atoms with Crippen LogP contribution in [0.15, 0.2) is 0 Å². The number of rotatable bonds is 3. The van der Waals surface area contributed by atoms with E-state index in [-0.39, 0.29) is 17.9 Å². The van der Waals surface area contributed by atoms with E-state index < -0.39 is 0 Å². The average Bonchev–Trinajstić information content (AvgIpc) is 2.55. The largest absolute Gasteiger partial charge is 0.392 e. The van der Waals surface area contributed by atoms with Crippen LogP contribution in [0.2, 0.25) is 0 Å². The molecule has 13 heavy (non-hydrogen) atoms.